The lowest BCUT2D eigenvalue weighted by Gasteiger charge is -2.07. The molecule has 0 aliphatic heterocycles. The van der Waals surface area contributed by atoms with Crippen molar-refractivity contribution in [3.05, 3.63) is 77.9 Å². The molecule has 6 nitrogen and oxygen atoms in total. The Bertz CT molecular complexity index is 907. The summed E-state index contributed by atoms with van der Waals surface area (Å²) in [6, 6.07) is 20.4. The van der Waals surface area contributed by atoms with Crippen LogP contribution in [0.5, 0.6) is 0 Å². The number of aryl methyl sites for hydroxylation is 1. The maximum absolute atomic E-state index is 12.0. The van der Waals surface area contributed by atoms with Crippen molar-refractivity contribution in [1.82, 2.24) is 10.2 Å². The highest BCUT2D eigenvalue weighted by atomic mass is 16.1. The molecule has 3 aromatic rings. The van der Waals surface area contributed by atoms with Crippen LogP contribution in [0.4, 0.5) is 17.3 Å². The monoisotopic (exact) mass is 360 g/mol. The second-order valence-electron chi connectivity index (χ2n) is 6.10. The number of hydrogen-bond acceptors (Lipinski definition) is 5. The highest BCUT2D eigenvalue weighted by molar-refractivity contribution is 5.94. The van der Waals surface area contributed by atoms with E-state index in [2.05, 4.69) is 20.8 Å². The normalized spacial score (nSPS) is 10.3. The Hall–Kier alpha value is -3.54. The number of aromatic nitrogens is 2. The predicted octanol–water partition coefficient (Wildman–Crippen LogP) is 3.99. The summed E-state index contributed by atoms with van der Waals surface area (Å²) in [5.74, 6) is 0.876. The first-order valence-electron chi connectivity index (χ1n) is 8.66. The van der Waals surface area contributed by atoms with Crippen LogP contribution in [0.2, 0.25) is 0 Å². The Morgan fingerprint density at radius 2 is 1.52 bits per heavy atom. The summed E-state index contributed by atoms with van der Waals surface area (Å²) >= 11 is 0. The molecule has 0 saturated carbocycles. The van der Waals surface area contributed by atoms with Gasteiger partial charge in [-0.1, -0.05) is 30.3 Å². The van der Waals surface area contributed by atoms with Crippen LogP contribution in [0.3, 0.4) is 0 Å². The zero-order valence-electron chi connectivity index (χ0n) is 15.0. The first-order chi connectivity index (χ1) is 13.1. The number of benzene rings is 2. The molecule has 1 heterocycles. The molecule has 2 N–H and O–H groups in total. The fourth-order valence-corrected chi connectivity index (χ4v) is 2.51. The largest absolute Gasteiger partial charge is 0.339 e. The molecular formula is C21H20N4O2. The predicted molar refractivity (Wildman–Crippen MR) is 105 cm³/mol. The van der Waals surface area contributed by atoms with E-state index in [1.807, 2.05) is 30.3 Å². The van der Waals surface area contributed by atoms with Crippen molar-refractivity contribution in [3.63, 3.8) is 0 Å². The molecule has 0 aliphatic carbocycles. The minimum Gasteiger partial charge on any atom is -0.339 e. The van der Waals surface area contributed by atoms with Gasteiger partial charge >= 0.3 is 0 Å². The van der Waals surface area contributed by atoms with E-state index in [0.717, 1.165) is 11.3 Å². The Morgan fingerprint density at radius 3 is 2.15 bits per heavy atom. The fraction of sp³-hybridized carbons (Fsp3) is 0.143. The molecule has 27 heavy (non-hydrogen) atoms. The van der Waals surface area contributed by atoms with Gasteiger partial charge in [0, 0.05) is 17.7 Å². The number of nitrogens with one attached hydrogen (secondary N) is 2. The Morgan fingerprint density at radius 1 is 0.852 bits per heavy atom. The summed E-state index contributed by atoms with van der Waals surface area (Å²) in [7, 11) is 0. The maximum Gasteiger partial charge on any atom is 0.225 e. The van der Waals surface area contributed by atoms with E-state index in [0.29, 0.717) is 30.0 Å². The van der Waals surface area contributed by atoms with Crippen LogP contribution >= 0.6 is 0 Å². The summed E-state index contributed by atoms with van der Waals surface area (Å²) in [6.45, 7) is 1.53. The first-order valence-corrected chi connectivity index (χ1v) is 8.66. The first kappa shape index (κ1) is 18.3. The Labute approximate surface area is 157 Å². The van der Waals surface area contributed by atoms with Gasteiger partial charge in [0.2, 0.25) is 5.91 Å². The molecule has 0 radical (unpaired) electrons. The SMILES string of the molecule is CC(=O)c1ccc(Nc2ccc(NC(=O)CCc3ccccc3)nn2)cc1. The van der Waals surface area contributed by atoms with Gasteiger partial charge in [0.25, 0.3) is 0 Å². The molecule has 0 saturated heterocycles. The van der Waals surface area contributed by atoms with Crippen molar-refractivity contribution in [2.45, 2.75) is 19.8 Å². The van der Waals surface area contributed by atoms with E-state index in [4.69, 9.17) is 0 Å². The van der Waals surface area contributed by atoms with Gasteiger partial charge < -0.3 is 10.6 Å². The molecule has 1 amide bonds. The number of amides is 1. The molecule has 0 fully saturated rings. The lowest BCUT2D eigenvalue weighted by atomic mass is 10.1. The minimum absolute atomic E-state index is 0.0219. The third-order valence-corrected chi connectivity index (χ3v) is 3.98. The molecule has 2 aromatic carbocycles. The molecule has 6 heteroatoms. The molecule has 1 aromatic heterocycles. The lowest BCUT2D eigenvalue weighted by Crippen LogP contribution is -2.14. The maximum atomic E-state index is 12.0. The number of nitrogens with zero attached hydrogens (tertiary/aromatic N) is 2. The summed E-state index contributed by atoms with van der Waals surface area (Å²) in [5, 5.41) is 13.9. The van der Waals surface area contributed by atoms with Crippen LogP contribution in [0.1, 0.15) is 29.3 Å². The zero-order valence-corrected chi connectivity index (χ0v) is 15.0. The van der Waals surface area contributed by atoms with Crippen LogP contribution < -0.4 is 10.6 Å². The average Bonchev–Trinajstić information content (AvgIpc) is 2.69. The highest BCUT2D eigenvalue weighted by Crippen LogP contribution is 2.16. The van der Waals surface area contributed by atoms with Crippen LogP contribution in [-0.4, -0.2) is 21.9 Å². The molecule has 0 atom stereocenters. The third kappa shape index (κ3) is 5.47. The molecule has 0 unspecified atom stereocenters. The topological polar surface area (TPSA) is 84.0 Å². The van der Waals surface area contributed by atoms with Crippen molar-refractivity contribution in [3.8, 4) is 0 Å². The molecular weight excluding hydrogens is 340 g/mol. The second-order valence-corrected chi connectivity index (χ2v) is 6.10. The average molecular weight is 360 g/mol. The van der Waals surface area contributed by atoms with Gasteiger partial charge in [-0.2, -0.15) is 0 Å². The van der Waals surface area contributed by atoms with Gasteiger partial charge in [-0.05, 0) is 55.3 Å². The Balaban J connectivity index is 1.52. The van der Waals surface area contributed by atoms with Gasteiger partial charge in [-0.3, -0.25) is 9.59 Å². The van der Waals surface area contributed by atoms with Gasteiger partial charge in [-0.15, -0.1) is 10.2 Å². The van der Waals surface area contributed by atoms with Crippen LogP contribution in [0, 0.1) is 0 Å². The summed E-state index contributed by atoms with van der Waals surface area (Å²) in [5.41, 5.74) is 2.57. The number of carbonyl (C=O) groups is 2. The van der Waals surface area contributed by atoms with Crippen LogP contribution in [0.25, 0.3) is 0 Å². The van der Waals surface area contributed by atoms with E-state index < -0.39 is 0 Å². The van der Waals surface area contributed by atoms with Crippen molar-refractivity contribution < 1.29 is 9.59 Å². The zero-order chi connectivity index (χ0) is 19.1. The van der Waals surface area contributed by atoms with Crippen molar-refractivity contribution in [2.75, 3.05) is 10.6 Å². The molecule has 0 spiro atoms. The molecule has 3 rings (SSSR count). The van der Waals surface area contributed by atoms with E-state index >= 15 is 0 Å². The molecule has 136 valence electrons. The van der Waals surface area contributed by atoms with Crippen LogP contribution in [0.15, 0.2) is 66.7 Å². The van der Waals surface area contributed by atoms with Crippen LogP contribution in [-0.2, 0) is 11.2 Å². The number of anilines is 3. The molecule has 0 aliphatic rings. The highest BCUT2D eigenvalue weighted by Gasteiger charge is 2.05. The minimum atomic E-state index is -0.103. The smallest absolute Gasteiger partial charge is 0.225 e. The van der Waals surface area contributed by atoms with Crippen molar-refractivity contribution in [1.29, 1.82) is 0 Å². The van der Waals surface area contributed by atoms with Gasteiger partial charge in [0.1, 0.15) is 0 Å². The molecule has 0 bridgehead atoms. The second kappa shape index (κ2) is 8.71. The lowest BCUT2D eigenvalue weighted by molar-refractivity contribution is -0.116. The van der Waals surface area contributed by atoms with E-state index in [1.54, 1.807) is 36.4 Å². The number of hydrogen-bond donors (Lipinski definition) is 2. The summed E-state index contributed by atoms with van der Waals surface area (Å²) < 4.78 is 0. The van der Waals surface area contributed by atoms with Crippen molar-refractivity contribution >= 4 is 29.0 Å². The standard InChI is InChI=1S/C21H20N4O2/c1-15(26)17-8-10-18(11-9-17)22-19-12-13-20(25-24-19)23-21(27)14-7-16-5-3-2-4-6-16/h2-6,8-13H,7,14H2,1H3,(H,22,24)(H,23,25,27). The third-order valence-electron chi connectivity index (χ3n) is 3.98. The van der Waals surface area contributed by atoms with Gasteiger partial charge in [0.15, 0.2) is 17.4 Å². The van der Waals surface area contributed by atoms with E-state index in [1.165, 1.54) is 6.92 Å². The Kier molecular flexibility index (Phi) is 5.89. The number of ketones is 1. The van der Waals surface area contributed by atoms with E-state index in [-0.39, 0.29) is 11.7 Å². The quantitative estimate of drug-likeness (QED) is 0.622. The number of carbonyl (C=O) groups excluding carboxylic acids is 2. The van der Waals surface area contributed by atoms with Crippen molar-refractivity contribution in [2.24, 2.45) is 0 Å². The number of rotatable bonds is 7. The number of Topliss-reactive ketones (excluding diaryl/α,β-unsaturated/α-hetero) is 1. The van der Waals surface area contributed by atoms with Gasteiger partial charge in [0.05, 0.1) is 0 Å². The summed E-state index contributed by atoms with van der Waals surface area (Å²) in [4.78, 5) is 23.3. The van der Waals surface area contributed by atoms with E-state index in [9.17, 15) is 9.59 Å². The summed E-state index contributed by atoms with van der Waals surface area (Å²) in [6.07, 6.45) is 1.06. The fourth-order valence-electron chi connectivity index (χ4n) is 2.51. The van der Waals surface area contributed by atoms with Gasteiger partial charge in [-0.25, -0.2) is 0 Å².